The fraction of sp³-hybridized carbons (Fsp3) is 0.125. The lowest BCUT2D eigenvalue weighted by Gasteiger charge is -2.06. The third kappa shape index (κ3) is 3.19. The summed E-state index contributed by atoms with van der Waals surface area (Å²) in [6, 6.07) is 3.83. The highest BCUT2D eigenvalue weighted by molar-refractivity contribution is 7.89. The number of halogens is 1. The van der Waals surface area contributed by atoms with Gasteiger partial charge < -0.3 is 5.32 Å². The van der Waals surface area contributed by atoms with Crippen molar-refractivity contribution >= 4 is 33.2 Å². The fourth-order valence-electron chi connectivity index (χ4n) is 0.967. The molecule has 0 bridgehead atoms. The van der Waals surface area contributed by atoms with Crippen molar-refractivity contribution < 1.29 is 13.2 Å². The number of primary sulfonamides is 1. The van der Waals surface area contributed by atoms with Crippen LogP contribution in [0.1, 0.15) is 6.92 Å². The zero-order valence-corrected chi connectivity index (χ0v) is 9.39. The molecule has 1 amide bonds. The van der Waals surface area contributed by atoms with Crippen LogP contribution < -0.4 is 10.5 Å². The Bertz CT molecular complexity index is 499. The van der Waals surface area contributed by atoms with E-state index in [1.165, 1.54) is 25.1 Å². The molecule has 1 rings (SSSR count). The standard InChI is InChI=1S/C8H9ClN2O3S/c1-5(12)11-8-4-6(15(10,13)14)2-3-7(8)9/h2-4H,1H3,(H,11,12)(H2,10,13,14). The first-order valence-electron chi connectivity index (χ1n) is 3.90. The molecule has 0 saturated heterocycles. The Morgan fingerprint density at radius 3 is 2.53 bits per heavy atom. The van der Waals surface area contributed by atoms with E-state index in [1.807, 2.05) is 0 Å². The van der Waals surface area contributed by atoms with Crippen molar-refractivity contribution in [3.05, 3.63) is 23.2 Å². The summed E-state index contributed by atoms with van der Waals surface area (Å²) >= 11 is 5.74. The fourth-order valence-corrected chi connectivity index (χ4v) is 1.67. The number of benzene rings is 1. The maximum atomic E-state index is 11.0. The molecule has 1 aromatic rings. The van der Waals surface area contributed by atoms with E-state index in [0.29, 0.717) is 0 Å². The Kier molecular flexibility index (Phi) is 3.33. The topological polar surface area (TPSA) is 89.3 Å². The van der Waals surface area contributed by atoms with Crippen LogP contribution >= 0.6 is 11.6 Å². The third-order valence-electron chi connectivity index (χ3n) is 1.58. The van der Waals surface area contributed by atoms with Crippen LogP contribution in [-0.4, -0.2) is 14.3 Å². The van der Waals surface area contributed by atoms with E-state index in [1.54, 1.807) is 0 Å². The van der Waals surface area contributed by atoms with Crippen LogP contribution in [-0.2, 0) is 14.8 Å². The minimum Gasteiger partial charge on any atom is -0.325 e. The van der Waals surface area contributed by atoms with Gasteiger partial charge in [-0.05, 0) is 18.2 Å². The molecule has 5 nitrogen and oxygen atoms in total. The van der Waals surface area contributed by atoms with Crippen molar-refractivity contribution in [2.24, 2.45) is 5.14 Å². The zero-order chi connectivity index (χ0) is 11.6. The van der Waals surface area contributed by atoms with Gasteiger partial charge in [-0.2, -0.15) is 0 Å². The molecule has 0 aliphatic rings. The number of carbonyl (C=O) groups is 1. The Balaban J connectivity index is 3.23. The quantitative estimate of drug-likeness (QED) is 0.816. The summed E-state index contributed by atoms with van der Waals surface area (Å²) in [6.45, 7) is 1.29. The van der Waals surface area contributed by atoms with Gasteiger partial charge in [0.1, 0.15) is 0 Å². The Hall–Kier alpha value is -1.11. The molecule has 0 fully saturated rings. The molecule has 0 spiro atoms. The van der Waals surface area contributed by atoms with Gasteiger partial charge in [0, 0.05) is 6.92 Å². The number of hydrogen-bond acceptors (Lipinski definition) is 3. The maximum absolute atomic E-state index is 11.0. The molecule has 0 saturated carbocycles. The molecule has 0 aliphatic carbocycles. The Morgan fingerprint density at radius 2 is 2.07 bits per heavy atom. The number of carbonyl (C=O) groups excluding carboxylic acids is 1. The van der Waals surface area contributed by atoms with Crippen LogP contribution in [0, 0.1) is 0 Å². The number of sulfonamides is 1. The van der Waals surface area contributed by atoms with Gasteiger partial charge in [-0.15, -0.1) is 0 Å². The van der Waals surface area contributed by atoms with Crippen molar-refractivity contribution in [2.75, 3.05) is 5.32 Å². The van der Waals surface area contributed by atoms with Crippen LogP contribution in [0.3, 0.4) is 0 Å². The second kappa shape index (κ2) is 4.18. The average Bonchev–Trinajstić information content (AvgIpc) is 2.06. The molecule has 15 heavy (non-hydrogen) atoms. The molecule has 7 heteroatoms. The second-order valence-corrected chi connectivity index (χ2v) is 4.84. The van der Waals surface area contributed by atoms with Crippen LogP contribution in [0.5, 0.6) is 0 Å². The van der Waals surface area contributed by atoms with Gasteiger partial charge in [-0.3, -0.25) is 4.79 Å². The number of rotatable bonds is 2. The number of hydrogen-bond donors (Lipinski definition) is 2. The minimum absolute atomic E-state index is 0.101. The summed E-state index contributed by atoms with van der Waals surface area (Å²) in [7, 11) is -3.79. The molecule has 3 N–H and O–H groups in total. The Labute approximate surface area is 92.3 Å². The van der Waals surface area contributed by atoms with E-state index in [4.69, 9.17) is 16.7 Å². The van der Waals surface area contributed by atoms with Crippen molar-refractivity contribution in [3.63, 3.8) is 0 Å². The average molecular weight is 249 g/mol. The van der Waals surface area contributed by atoms with Crippen molar-refractivity contribution in [2.45, 2.75) is 11.8 Å². The molecule has 0 unspecified atom stereocenters. The van der Waals surface area contributed by atoms with Gasteiger partial charge in [-0.25, -0.2) is 13.6 Å². The molecule has 0 atom stereocenters. The van der Waals surface area contributed by atoms with Crippen LogP contribution in [0.25, 0.3) is 0 Å². The Morgan fingerprint density at radius 1 is 1.47 bits per heavy atom. The van der Waals surface area contributed by atoms with E-state index >= 15 is 0 Å². The number of nitrogens with one attached hydrogen (secondary N) is 1. The summed E-state index contributed by atoms with van der Waals surface area (Å²) in [6.07, 6.45) is 0. The summed E-state index contributed by atoms with van der Waals surface area (Å²) in [5, 5.41) is 7.57. The molecule has 0 radical (unpaired) electrons. The van der Waals surface area contributed by atoms with Crippen molar-refractivity contribution in [3.8, 4) is 0 Å². The number of amides is 1. The number of anilines is 1. The predicted molar refractivity (Wildman–Crippen MR) is 57.1 cm³/mol. The van der Waals surface area contributed by atoms with E-state index in [0.717, 1.165) is 0 Å². The predicted octanol–water partition coefficient (Wildman–Crippen LogP) is 0.946. The summed E-state index contributed by atoms with van der Waals surface area (Å²) in [5.41, 5.74) is 0.218. The largest absolute Gasteiger partial charge is 0.325 e. The second-order valence-electron chi connectivity index (χ2n) is 2.87. The summed E-state index contributed by atoms with van der Waals surface area (Å²) < 4.78 is 22.0. The van der Waals surface area contributed by atoms with Gasteiger partial charge in [0.15, 0.2) is 0 Å². The van der Waals surface area contributed by atoms with E-state index in [2.05, 4.69) is 5.32 Å². The molecule has 1 aromatic carbocycles. The van der Waals surface area contributed by atoms with E-state index in [9.17, 15) is 13.2 Å². The first-order chi connectivity index (χ1) is 6.80. The highest BCUT2D eigenvalue weighted by Gasteiger charge is 2.11. The normalized spacial score (nSPS) is 11.1. The monoisotopic (exact) mass is 248 g/mol. The van der Waals surface area contributed by atoms with E-state index < -0.39 is 10.0 Å². The molecule has 0 aromatic heterocycles. The number of nitrogens with two attached hydrogens (primary N) is 1. The maximum Gasteiger partial charge on any atom is 0.238 e. The first-order valence-corrected chi connectivity index (χ1v) is 5.83. The smallest absolute Gasteiger partial charge is 0.238 e. The van der Waals surface area contributed by atoms with Crippen LogP contribution in [0.15, 0.2) is 23.1 Å². The van der Waals surface area contributed by atoms with Gasteiger partial charge in [-0.1, -0.05) is 11.6 Å². The van der Waals surface area contributed by atoms with Gasteiger partial charge >= 0.3 is 0 Å². The van der Waals surface area contributed by atoms with Gasteiger partial charge in [0.05, 0.1) is 15.6 Å². The third-order valence-corrected chi connectivity index (χ3v) is 2.82. The summed E-state index contributed by atoms with van der Waals surface area (Å²) in [4.78, 5) is 10.7. The lowest BCUT2D eigenvalue weighted by molar-refractivity contribution is -0.114. The van der Waals surface area contributed by atoms with Crippen LogP contribution in [0.2, 0.25) is 5.02 Å². The van der Waals surface area contributed by atoms with Crippen LogP contribution in [0.4, 0.5) is 5.69 Å². The first kappa shape index (κ1) is 12.0. The lowest BCUT2D eigenvalue weighted by atomic mass is 10.3. The zero-order valence-electron chi connectivity index (χ0n) is 7.82. The molecule has 82 valence electrons. The minimum atomic E-state index is -3.79. The molecular formula is C8H9ClN2O3S. The van der Waals surface area contributed by atoms with Gasteiger partial charge in [0.2, 0.25) is 15.9 Å². The van der Waals surface area contributed by atoms with Gasteiger partial charge in [0.25, 0.3) is 0 Å². The molecular weight excluding hydrogens is 240 g/mol. The SMILES string of the molecule is CC(=O)Nc1cc(S(N)(=O)=O)ccc1Cl. The van der Waals surface area contributed by atoms with Crippen molar-refractivity contribution in [1.82, 2.24) is 0 Å². The highest BCUT2D eigenvalue weighted by Crippen LogP contribution is 2.24. The summed E-state index contributed by atoms with van der Waals surface area (Å²) in [5.74, 6) is -0.344. The van der Waals surface area contributed by atoms with E-state index in [-0.39, 0.29) is 21.5 Å². The molecule has 0 heterocycles. The highest BCUT2D eigenvalue weighted by atomic mass is 35.5. The molecule has 0 aliphatic heterocycles. The van der Waals surface area contributed by atoms with Crippen molar-refractivity contribution in [1.29, 1.82) is 0 Å². The lowest BCUT2D eigenvalue weighted by Crippen LogP contribution is -2.13.